The predicted octanol–water partition coefficient (Wildman–Crippen LogP) is 3.52. The molecule has 1 unspecified atom stereocenters. The monoisotopic (exact) mass is 550 g/mol. The number of rotatable bonds is 9. The summed E-state index contributed by atoms with van der Waals surface area (Å²) in [4.78, 5) is 43.2. The topological polar surface area (TPSA) is 105 Å². The minimum atomic E-state index is -0.828. The van der Waals surface area contributed by atoms with Crippen LogP contribution in [0.2, 0.25) is 0 Å². The summed E-state index contributed by atoms with van der Waals surface area (Å²) in [6, 6.07) is 11.6. The van der Waals surface area contributed by atoms with E-state index >= 15 is 0 Å². The number of carbonyl (C=O) groups excluding carboxylic acids is 2. The molecule has 0 saturated heterocycles. The largest absolute Gasteiger partial charge is 0.494 e. The second-order valence-electron chi connectivity index (χ2n) is 8.85. The van der Waals surface area contributed by atoms with Gasteiger partial charge in [-0.2, -0.15) is 0 Å². The maximum absolute atomic E-state index is 13.8. The van der Waals surface area contributed by atoms with Crippen molar-refractivity contribution in [1.29, 1.82) is 0 Å². The molecular weight excluding hydrogens is 520 g/mol. The zero-order chi connectivity index (χ0) is 28.1. The molecule has 2 aromatic carbocycles. The van der Waals surface area contributed by atoms with Gasteiger partial charge in [0.15, 0.2) is 16.3 Å². The molecule has 39 heavy (non-hydrogen) atoms. The fourth-order valence-corrected chi connectivity index (χ4v) is 5.29. The van der Waals surface area contributed by atoms with Crippen LogP contribution < -0.4 is 29.1 Å². The Morgan fingerprint density at radius 2 is 1.85 bits per heavy atom. The van der Waals surface area contributed by atoms with Gasteiger partial charge in [-0.05, 0) is 54.8 Å². The van der Waals surface area contributed by atoms with Crippen molar-refractivity contribution in [3.8, 4) is 17.2 Å². The molecule has 1 aromatic heterocycles. The summed E-state index contributed by atoms with van der Waals surface area (Å²) in [5.74, 6) is 0.179. The normalized spacial score (nSPS) is 14.9. The summed E-state index contributed by atoms with van der Waals surface area (Å²) in [6.45, 7) is 5.76. The lowest BCUT2D eigenvalue weighted by atomic mass is 9.95. The zero-order valence-electron chi connectivity index (χ0n) is 22.5. The van der Waals surface area contributed by atoms with E-state index in [1.54, 1.807) is 31.2 Å². The van der Waals surface area contributed by atoms with Gasteiger partial charge in [0.1, 0.15) is 5.75 Å². The van der Waals surface area contributed by atoms with Crippen LogP contribution in [0.3, 0.4) is 0 Å². The summed E-state index contributed by atoms with van der Waals surface area (Å²) < 4.78 is 23.4. The van der Waals surface area contributed by atoms with Crippen LogP contribution >= 0.6 is 11.3 Å². The van der Waals surface area contributed by atoms with Gasteiger partial charge in [0.25, 0.3) is 5.56 Å². The Labute approximate surface area is 229 Å². The van der Waals surface area contributed by atoms with Crippen molar-refractivity contribution < 1.29 is 28.5 Å². The van der Waals surface area contributed by atoms with Crippen LogP contribution in [0.4, 0.5) is 0 Å². The molecule has 0 bridgehead atoms. The minimum Gasteiger partial charge on any atom is -0.494 e. The number of thiazole rings is 1. The van der Waals surface area contributed by atoms with Crippen molar-refractivity contribution in [2.75, 3.05) is 20.8 Å². The van der Waals surface area contributed by atoms with Crippen LogP contribution in [-0.4, -0.2) is 37.3 Å². The highest BCUT2D eigenvalue weighted by molar-refractivity contribution is 7.07. The van der Waals surface area contributed by atoms with Crippen molar-refractivity contribution in [2.24, 2.45) is 4.99 Å². The van der Waals surface area contributed by atoms with Crippen LogP contribution in [0.25, 0.3) is 6.08 Å². The summed E-state index contributed by atoms with van der Waals surface area (Å²) in [5.41, 5.74) is 1.77. The Morgan fingerprint density at radius 1 is 1.10 bits per heavy atom. The molecule has 1 atom stereocenters. The van der Waals surface area contributed by atoms with Crippen LogP contribution in [0.1, 0.15) is 50.8 Å². The number of aromatic nitrogens is 1. The van der Waals surface area contributed by atoms with Crippen molar-refractivity contribution >= 4 is 29.4 Å². The molecule has 0 N–H and O–H groups in total. The van der Waals surface area contributed by atoms with E-state index in [4.69, 9.17) is 18.9 Å². The first kappa shape index (κ1) is 27.8. The number of fused-ring (bicyclic) bond motifs is 1. The first-order chi connectivity index (χ1) is 18.8. The highest BCUT2D eigenvalue weighted by Gasteiger charge is 2.33. The van der Waals surface area contributed by atoms with Crippen LogP contribution in [0.5, 0.6) is 17.2 Å². The van der Waals surface area contributed by atoms with Gasteiger partial charge >= 0.3 is 11.9 Å². The number of allylic oxidation sites excluding steroid dienone is 1. The van der Waals surface area contributed by atoms with Crippen LogP contribution in [0.15, 0.2) is 63.5 Å². The summed E-state index contributed by atoms with van der Waals surface area (Å²) >= 11 is 1.23. The van der Waals surface area contributed by atoms with Gasteiger partial charge in [-0.15, -0.1) is 0 Å². The van der Waals surface area contributed by atoms with E-state index in [1.165, 1.54) is 37.0 Å². The maximum Gasteiger partial charge on any atom is 0.338 e. The van der Waals surface area contributed by atoms with E-state index in [0.29, 0.717) is 27.2 Å². The first-order valence-corrected chi connectivity index (χ1v) is 13.3. The third-order valence-corrected chi connectivity index (χ3v) is 7.11. The lowest BCUT2D eigenvalue weighted by molar-refractivity contribution is -0.136. The van der Waals surface area contributed by atoms with E-state index in [9.17, 15) is 14.4 Å². The lowest BCUT2D eigenvalue weighted by Gasteiger charge is -2.25. The van der Waals surface area contributed by atoms with Gasteiger partial charge in [0.05, 0.1) is 42.7 Å². The standard InChI is InChI=1S/C29H30N2O7S/c1-6-7-14-37-21-11-8-19(9-12-21)15-24-27(33)31-26(25(28(34)36-5)17(2)30-29(31)39-24)20-10-13-22(38-18(3)32)23(16-20)35-4/h8-13,15-16,26H,6-7,14H2,1-5H3/b24-15-. The van der Waals surface area contributed by atoms with Gasteiger partial charge in [0, 0.05) is 6.92 Å². The fraction of sp³-hybridized carbons (Fsp3) is 0.310. The number of esters is 2. The second kappa shape index (κ2) is 12.1. The molecule has 10 heteroatoms. The highest BCUT2D eigenvalue weighted by Crippen LogP contribution is 2.36. The van der Waals surface area contributed by atoms with Crippen molar-refractivity contribution in [1.82, 2.24) is 4.57 Å². The van der Waals surface area contributed by atoms with Gasteiger partial charge in [-0.3, -0.25) is 14.2 Å². The average molecular weight is 551 g/mol. The third kappa shape index (κ3) is 5.96. The molecule has 0 radical (unpaired) electrons. The number of carbonyl (C=O) groups is 2. The van der Waals surface area contributed by atoms with Gasteiger partial charge in [0.2, 0.25) is 0 Å². The van der Waals surface area contributed by atoms with Gasteiger partial charge in [-0.25, -0.2) is 9.79 Å². The second-order valence-corrected chi connectivity index (χ2v) is 9.86. The fourth-order valence-electron chi connectivity index (χ4n) is 4.25. The molecule has 0 aliphatic carbocycles. The van der Waals surface area contributed by atoms with E-state index < -0.39 is 18.0 Å². The van der Waals surface area contributed by atoms with Crippen molar-refractivity contribution in [3.63, 3.8) is 0 Å². The number of unbranched alkanes of at least 4 members (excludes halogenated alkanes) is 1. The number of ether oxygens (including phenoxy) is 4. The average Bonchev–Trinajstić information content (AvgIpc) is 3.22. The maximum atomic E-state index is 13.8. The Bertz CT molecular complexity index is 1600. The molecule has 0 spiro atoms. The number of hydrogen-bond donors (Lipinski definition) is 0. The molecule has 0 fully saturated rings. The van der Waals surface area contributed by atoms with E-state index in [0.717, 1.165) is 24.2 Å². The van der Waals surface area contributed by atoms with Crippen LogP contribution in [-0.2, 0) is 14.3 Å². The Morgan fingerprint density at radius 3 is 2.49 bits per heavy atom. The van der Waals surface area contributed by atoms with E-state index in [2.05, 4.69) is 11.9 Å². The smallest absolute Gasteiger partial charge is 0.338 e. The zero-order valence-corrected chi connectivity index (χ0v) is 23.3. The van der Waals surface area contributed by atoms with Crippen LogP contribution in [0, 0.1) is 0 Å². The molecule has 2 heterocycles. The number of nitrogens with zero attached hydrogens (tertiary/aromatic N) is 2. The number of benzene rings is 2. The molecular formula is C29H30N2O7S. The van der Waals surface area contributed by atoms with Gasteiger partial charge < -0.3 is 18.9 Å². The Balaban J connectivity index is 1.82. The molecule has 1 aliphatic rings. The summed E-state index contributed by atoms with van der Waals surface area (Å²) in [7, 11) is 2.73. The molecule has 1 aliphatic heterocycles. The third-order valence-electron chi connectivity index (χ3n) is 6.13. The number of methoxy groups -OCH3 is 2. The van der Waals surface area contributed by atoms with Crippen molar-refractivity contribution in [2.45, 2.75) is 39.7 Å². The quantitative estimate of drug-likeness (QED) is 0.228. The summed E-state index contributed by atoms with van der Waals surface area (Å²) in [5, 5.41) is 0. The molecule has 204 valence electrons. The Hall–Kier alpha value is -4.18. The minimum absolute atomic E-state index is 0.226. The highest BCUT2D eigenvalue weighted by atomic mass is 32.1. The van der Waals surface area contributed by atoms with E-state index in [1.807, 2.05) is 24.3 Å². The molecule has 0 saturated carbocycles. The predicted molar refractivity (Wildman–Crippen MR) is 147 cm³/mol. The van der Waals surface area contributed by atoms with Gasteiger partial charge in [-0.1, -0.05) is 42.9 Å². The molecule has 9 nitrogen and oxygen atoms in total. The summed E-state index contributed by atoms with van der Waals surface area (Å²) in [6.07, 6.45) is 3.83. The lowest BCUT2D eigenvalue weighted by Crippen LogP contribution is -2.39. The SMILES string of the molecule is CCCCOc1ccc(/C=c2\sc3n(c2=O)C(c2ccc(OC(C)=O)c(OC)c2)C(C(=O)OC)=C(C)N=3)cc1. The molecule has 0 amide bonds. The van der Waals surface area contributed by atoms with Crippen molar-refractivity contribution in [3.05, 3.63) is 84.5 Å². The molecule has 4 rings (SSSR count). The first-order valence-electron chi connectivity index (χ1n) is 12.5. The number of hydrogen-bond acceptors (Lipinski definition) is 9. The Kier molecular flexibility index (Phi) is 8.65. The molecule has 3 aromatic rings. The van der Waals surface area contributed by atoms with E-state index in [-0.39, 0.29) is 22.6 Å².